The van der Waals surface area contributed by atoms with E-state index in [9.17, 15) is 4.79 Å². The Hall–Kier alpha value is -1.10. The molecule has 0 radical (unpaired) electrons. The van der Waals surface area contributed by atoms with E-state index >= 15 is 0 Å². The molecule has 0 atom stereocenters. The fraction of sp³-hybridized carbons (Fsp3) is 0.533. The molecule has 1 amide bonds. The van der Waals surface area contributed by atoms with E-state index in [-0.39, 0.29) is 5.91 Å². The van der Waals surface area contributed by atoms with Gasteiger partial charge in [-0.1, -0.05) is 29.8 Å². The number of nitrogens with zero attached hydrogens (tertiary/aromatic N) is 2. The molecule has 0 saturated carbocycles. The molecule has 0 spiro atoms. The van der Waals surface area contributed by atoms with Gasteiger partial charge in [-0.2, -0.15) is 0 Å². The Morgan fingerprint density at radius 3 is 2.70 bits per heavy atom. The maximum Gasteiger partial charge on any atom is 0.236 e. The van der Waals surface area contributed by atoms with Crippen LogP contribution in [0, 0.1) is 0 Å². The summed E-state index contributed by atoms with van der Waals surface area (Å²) in [6.07, 6.45) is 1.95. The zero-order valence-corrected chi connectivity index (χ0v) is 12.6. The summed E-state index contributed by atoms with van der Waals surface area (Å²) in [6, 6.07) is 7.92. The summed E-state index contributed by atoms with van der Waals surface area (Å²) in [7, 11) is 1.82. The van der Waals surface area contributed by atoms with E-state index in [1.54, 1.807) is 4.90 Å². The molecule has 1 aliphatic rings. The van der Waals surface area contributed by atoms with Gasteiger partial charge in [0, 0.05) is 37.7 Å². The van der Waals surface area contributed by atoms with Gasteiger partial charge in [0.2, 0.25) is 5.91 Å². The zero-order valence-electron chi connectivity index (χ0n) is 11.9. The molecule has 110 valence electrons. The molecule has 5 heteroatoms. The molecule has 2 N–H and O–H groups in total. The predicted molar refractivity (Wildman–Crippen MR) is 81.6 cm³/mol. The van der Waals surface area contributed by atoms with Crippen LogP contribution in [0.4, 0.5) is 0 Å². The lowest BCUT2D eigenvalue weighted by molar-refractivity contribution is -0.131. The van der Waals surface area contributed by atoms with Crippen LogP contribution in [0.25, 0.3) is 0 Å². The molecule has 1 heterocycles. The van der Waals surface area contributed by atoms with E-state index in [1.165, 1.54) is 0 Å². The molecule has 4 nitrogen and oxygen atoms in total. The first-order chi connectivity index (χ1) is 9.56. The van der Waals surface area contributed by atoms with E-state index in [2.05, 4.69) is 4.90 Å². The number of hydrogen-bond donors (Lipinski definition) is 1. The van der Waals surface area contributed by atoms with Crippen LogP contribution in [-0.2, 0) is 11.3 Å². The lowest BCUT2D eigenvalue weighted by Gasteiger charge is -2.30. The smallest absolute Gasteiger partial charge is 0.236 e. The molecule has 2 rings (SSSR count). The van der Waals surface area contributed by atoms with Gasteiger partial charge in [0.05, 0.1) is 6.54 Å². The minimum atomic E-state index is 0.125. The van der Waals surface area contributed by atoms with Crippen LogP contribution in [0.15, 0.2) is 24.3 Å². The molecule has 0 bridgehead atoms. The van der Waals surface area contributed by atoms with E-state index in [0.717, 1.165) is 31.5 Å². The number of benzene rings is 1. The third-order valence-electron chi connectivity index (χ3n) is 3.78. The van der Waals surface area contributed by atoms with Crippen molar-refractivity contribution in [1.82, 2.24) is 9.80 Å². The van der Waals surface area contributed by atoms with E-state index < -0.39 is 0 Å². The van der Waals surface area contributed by atoms with Crippen molar-refractivity contribution >= 4 is 17.5 Å². The van der Waals surface area contributed by atoms with Crippen molar-refractivity contribution in [2.45, 2.75) is 25.4 Å². The van der Waals surface area contributed by atoms with Crippen molar-refractivity contribution in [3.8, 4) is 0 Å². The van der Waals surface area contributed by atoms with Crippen molar-refractivity contribution in [3.05, 3.63) is 34.9 Å². The van der Waals surface area contributed by atoms with Gasteiger partial charge in [-0.25, -0.2) is 0 Å². The summed E-state index contributed by atoms with van der Waals surface area (Å²) in [5.41, 5.74) is 6.85. The molecule has 1 aromatic rings. The Morgan fingerprint density at radius 1 is 1.40 bits per heavy atom. The van der Waals surface area contributed by atoms with E-state index in [4.69, 9.17) is 17.3 Å². The summed E-state index contributed by atoms with van der Waals surface area (Å²) >= 11 is 6.12. The fourth-order valence-corrected chi connectivity index (χ4v) is 2.59. The highest BCUT2D eigenvalue weighted by Gasteiger charge is 2.20. The highest BCUT2D eigenvalue weighted by molar-refractivity contribution is 6.31. The molecule has 1 saturated heterocycles. The van der Waals surface area contributed by atoms with Gasteiger partial charge in [-0.05, 0) is 24.5 Å². The van der Waals surface area contributed by atoms with Crippen molar-refractivity contribution in [2.75, 3.05) is 26.7 Å². The highest BCUT2D eigenvalue weighted by Crippen LogP contribution is 2.16. The van der Waals surface area contributed by atoms with Crippen molar-refractivity contribution in [3.63, 3.8) is 0 Å². The molecular formula is C15H22ClN3O. The lowest BCUT2D eigenvalue weighted by atomic mass is 10.1. The molecule has 1 aliphatic heterocycles. The topological polar surface area (TPSA) is 49.6 Å². The third kappa shape index (κ3) is 4.20. The maximum absolute atomic E-state index is 12.2. The summed E-state index contributed by atoms with van der Waals surface area (Å²) in [5.74, 6) is 0.125. The number of rotatable bonds is 4. The second-order valence-electron chi connectivity index (χ2n) is 5.45. The Kier molecular flexibility index (Phi) is 5.40. The van der Waals surface area contributed by atoms with Gasteiger partial charge < -0.3 is 10.6 Å². The number of carbonyl (C=O) groups excluding carboxylic acids is 1. The summed E-state index contributed by atoms with van der Waals surface area (Å²) in [4.78, 5) is 16.1. The second-order valence-corrected chi connectivity index (χ2v) is 5.86. The number of piperidine rings is 1. The highest BCUT2D eigenvalue weighted by atomic mass is 35.5. The molecule has 20 heavy (non-hydrogen) atoms. The monoisotopic (exact) mass is 295 g/mol. The molecule has 0 aromatic heterocycles. The van der Waals surface area contributed by atoms with Gasteiger partial charge >= 0.3 is 0 Å². The first-order valence-electron chi connectivity index (χ1n) is 7.01. The van der Waals surface area contributed by atoms with Crippen LogP contribution in [0.1, 0.15) is 18.4 Å². The zero-order chi connectivity index (χ0) is 14.5. The maximum atomic E-state index is 12.2. The molecule has 0 unspecified atom stereocenters. The third-order valence-corrected chi connectivity index (χ3v) is 4.15. The normalized spacial score (nSPS) is 17.1. The number of hydrogen-bond acceptors (Lipinski definition) is 3. The van der Waals surface area contributed by atoms with E-state index in [0.29, 0.717) is 24.2 Å². The van der Waals surface area contributed by atoms with Crippen LogP contribution < -0.4 is 5.73 Å². The summed E-state index contributed by atoms with van der Waals surface area (Å²) in [5, 5.41) is 0.705. The van der Waals surface area contributed by atoms with Crippen molar-refractivity contribution in [2.24, 2.45) is 5.73 Å². The predicted octanol–water partition coefficient (Wildman–Crippen LogP) is 1.72. The van der Waals surface area contributed by atoms with Crippen LogP contribution in [-0.4, -0.2) is 48.4 Å². The number of carbonyl (C=O) groups is 1. The van der Waals surface area contributed by atoms with Crippen molar-refractivity contribution in [1.29, 1.82) is 0 Å². The van der Waals surface area contributed by atoms with Gasteiger partial charge in [-0.3, -0.25) is 9.69 Å². The van der Waals surface area contributed by atoms with Gasteiger partial charge in [0.25, 0.3) is 0 Å². The number of halogens is 1. The summed E-state index contributed by atoms with van der Waals surface area (Å²) in [6.45, 7) is 2.83. The largest absolute Gasteiger partial charge is 0.340 e. The fourth-order valence-electron chi connectivity index (χ4n) is 2.39. The standard InChI is InChI=1S/C15H22ClN3O/c1-18(10-12-4-2-3-5-14(12)16)15(20)11-19-8-6-13(17)7-9-19/h2-5,13H,6-11,17H2,1H3. The first kappa shape index (κ1) is 15.3. The molecule has 0 aliphatic carbocycles. The van der Waals surface area contributed by atoms with Crippen LogP contribution in [0.5, 0.6) is 0 Å². The second kappa shape index (κ2) is 7.07. The van der Waals surface area contributed by atoms with Crippen LogP contribution in [0.3, 0.4) is 0 Å². The number of nitrogens with two attached hydrogens (primary N) is 1. The Morgan fingerprint density at radius 2 is 2.05 bits per heavy atom. The number of likely N-dealkylation sites (tertiary alicyclic amines) is 1. The van der Waals surface area contributed by atoms with E-state index in [1.807, 2.05) is 31.3 Å². The van der Waals surface area contributed by atoms with Crippen molar-refractivity contribution < 1.29 is 4.79 Å². The van der Waals surface area contributed by atoms with Crippen LogP contribution >= 0.6 is 11.6 Å². The quantitative estimate of drug-likeness (QED) is 0.920. The Bertz CT molecular complexity index is 458. The average molecular weight is 296 g/mol. The van der Waals surface area contributed by atoms with Gasteiger partial charge in [-0.15, -0.1) is 0 Å². The van der Waals surface area contributed by atoms with Crippen LogP contribution in [0.2, 0.25) is 5.02 Å². The first-order valence-corrected chi connectivity index (χ1v) is 7.39. The minimum Gasteiger partial charge on any atom is -0.340 e. The Balaban J connectivity index is 1.84. The lowest BCUT2D eigenvalue weighted by Crippen LogP contribution is -2.44. The molecule has 1 fully saturated rings. The average Bonchev–Trinajstić information content (AvgIpc) is 2.44. The molecular weight excluding hydrogens is 274 g/mol. The number of likely N-dealkylation sites (N-methyl/N-ethyl adjacent to an activating group) is 1. The minimum absolute atomic E-state index is 0.125. The van der Waals surface area contributed by atoms with Gasteiger partial charge in [0.1, 0.15) is 0 Å². The number of amides is 1. The SMILES string of the molecule is CN(Cc1ccccc1Cl)C(=O)CN1CCC(N)CC1. The summed E-state index contributed by atoms with van der Waals surface area (Å²) < 4.78 is 0. The van der Waals surface area contributed by atoms with Gasteiger partial charge in [0.15, 0.2) is 0 Å². The Labute approximate surface area is 125 Å². The molecule has 1 aromatic carbocycles.